The molecule has 0 aliphatic carbocycles. The van der Waals surface area contributed by atoms with Crippen LogP contribution in [-0.2, 0) is 6.42 Å². The van der Waals surface area contributed by atoms with Gasteiger partial charge in [0.25, 0.3) is 5.91 Å². The molecule has 8 heteroatoms. The molecule has 2 aromatic heterocycles. The van der Waals surface area contributed by atoms with Crippen LogP contribution in [0.15, 0.2) is 17.5 Å². The molecule has 0 aromatic carbocycles. The summed E-state index contributed by atoms with van der Waals surface area (Å²) in [5, 5.41) is 13.9. The maximum atomic E-state index is 11.9. The van der Waals surface area contributed by atoms with Gasteiger partial charge in [0.1, 0.15) is 5.15 Å². The third-order valence-electron chi connectivity index (χ3n) is 2.58. The van der Waals surface area contributed by atoms with E-state index in [0.29, 0.717) is 29.2 Å². The molecule has 2 heterocycles. The summed E-state index contributed by atoms with van der Waals surface area (Å²) in [6, 6.07) is 3.14. The van der Waals surface area contributed by atoms with Crippen LogP contribution in [0.1, 0.15) is 31.5 Å². The molecule has 110 valence electrons. The first-order chi connectivity index (χ1) is 9.95. The van der Waals surface area contributed by atoms with E-state index in [2.05, 4.69) is 15.3 Å². The summed E-state index contributed by atoms with van der Waals surface area (Å²) in [6.45, 7) is 2.12. The van der Waals surface area contributed by atoms with Crippen molar-refractivity contribution in [3.8, 4) is 0 Å². The minimum atomic E-state index is -1.05. The van der Waals surface area contributed by atoms with Crippen molar-refractivity contribution in [2.24, 2.45) is 0 Å². The molecule has 1 amide bonds. The summed E-state index contributed by atoms with van der Waals surface area (Å²) in [4.78, 5) is 30.6. The highest BCUT2D eigenvalue weighted by atomic mass is 35.5. The topological polar surface area (TPSA) is 92.2 Å². The third-order valence-corrected chi connectivity index (χ3v) is 3.68. The molecule has 2 rings (SSSR count). The van der Waals surface area contributed by atoms with Crippen LogP contribution in [0.5, 0.6) is 0 Å². The lowest BCUT2D eigenvalue weighted by Crippen LogP contribution is -2.25. The van der Waals surface area contributed by atoms with Crippen LogP contribution in [0.4, 0.5) is 0 Å². The smallest absolute Gasteiger partial charge is 0.355 e. The van der Waals surface area contributed by atoms with Crippen molar-refractivity contribution in [2.75, 3.05) is 6.54 Å². The van der Waals surface area contributed by atoms with Crippen molar-refractivity contribution in [3.05, 3.63) is 44.6 Å². The van der Waals surface area contributed by atoms with Crippen LogP contribution in [0.3, 0.4) is 0 Å². The number of thiazole rings is 1. The Balaban J connectivity index is 1.90. The number of aromatic carboxylic acids is 1. The second kappa shape index (κ2) is 6.64. The third kappa shape index (κ3) is 4.24. The second-order valence-electron chi connectivity index (χ2n) is 4.26. The zero-order valence-corrected chi connectivity index (χ0v) is 12.7. The number of nitrogens with zero attached hydrogens (tertiary/aromatic N) is 2. The van der Waals surface area contributed by atoms with Crippen LogP contribution in [-0.4, -0.2) is 33.5 Å². The first-order valence-corrected chi connectivity index (χ1v) is 7.31. The lowest BCUT2D eigenvalue weighted by atomic mass is 10.2. The molecule has 0 radical (unpaired) electrons. The molecule has 21 heavy (non-hydrogen) atoms. The van der Waals surface area contributed by atoms with Gasteiger partial charge in [-0.25, -0.2) is 14.8 Å². The molecule has 0 saturated carbocycles. The van der Waals surface area contributed by atoms with Gasteiger partial charge in [0, 0.05) is 29.6 Å². The molecular formula is C13H12ClN3O3S. The summed E-state index contributed by atoms with van der Waals surface area (Å²) in [7, 11) is 0. The number of hydrogen-bond donors (Lipinski definition) is 2. The molecule has 0 saturated heterocycles. The van der Waals surface area contributed by atoms with Gasteiger partial charge in [0.15, 0.2) is 5.69 Å². The van der Waals surface area contributed by atoms with Gasteiger partial charge in [-0.15, -0.1) is 11.3 Å². The van der Waals surface area contributed by atoms with Crippen molar-refractivity contribution in [3.63, 3.8) is 0 Å². The van der Waals surface area contributed by atoms with Crippen molar-refractivity contribution in [1.82, 2.24) is 15.3 Å². The predicted octanol–water partition coefficient (Wildman–Crippen LogP) is 2.17. The Morgan fingerprint density at radius 2 is 2.14 bits per heavy atom. The van der Waals surface area contributed by atoms with Crippen molar-refractivity contribution < 1.29 is 14.7 Å². The molecule has 0 aliphatic heterocycles. The van der Waals surface area contributed by atoms with Gasteiger partial charge in [0.2, 0.25) is 0 Å². The molecule has 0 bridgehead atoms. The summed E-state index contributed by atoms with van der Waals surface area (Å²) in [6.07, 6.45) is 0.474. The Morgan fingerprint density at radius 3 is 2.76 bits per heavy atom. The number of carbonyl (C=O) groups excluding carboxylic acids is 1. The number of aryl methyl sites for hydroxylation is 1. The number of aromatic nitrogens is 2. The largest absolute Gasteiger partial charge is 0.476 e. The quantitative estimate of drug-likeness (QED) is 0.822. The second-order valence-corrected chi connectivity index (χ2v) is 5.59. The van der Waals surface area contributed by atoms with E-state index in [0.717, 1.165) is 0 Å². The number of carbonyl (C=O) groups is 2. The van der Waals surface area contributed by atoms with E-state index >= 15 is 0 Å². The molecule has 2 aromatic rings. The monoisotopic (exact) mass is 325 g/mol. The maximum Gasteiger partial charge on any atom is 0.355 e. The molecule has 6 nitrogen and oxygen atoms in total. The lowest BCUT2D eigenvalue weighted by Gasteiger charge is -2.05. The fraction of sp³-hybridized carbons (Fsp3) is 0.231. The van der Waals surface area contributed by atoms with Gasteiger partial charge < -0.3 is 10.4 Å². The van der Waals surface area contributed by atoms with Gasteiger partial charge in [-0.3, -0.25) is 4.79 Å². The zero-order valence-electron chi connectivity index (χ0n) is 11.1. The molecule has 0 fully saturated rings. The Labute approximate surface area is 129 Å². The molecule has 0 aliphatic rings. The highest BCUT2D eigenvalue weighted by Crippen LogP contribution is 2.11. The Kier molecular flexibility index (Phi) is 4.87. The van der Waals surface area contributed by atoms with E-state index in [4.69, 9.17) is 16.7 Å². The van der Waals surface area contributed by atoms with E-state index in [1.165, 1.54) is 22.8 Å². The first kappa shape index (κ1) is 15.4. The van der Waals surface area contributed by atoms with Gasteiger partial charge in [-0.05, 0) is 19.1 Å². The lowest BCUT2D eigenvalue weighted by molar-refractivity contribution is 0.0690. The number of amides is 1. The molecular weight excluding hydrogens is 314 g/mol. The van der Waals surface area contributed by atoms with Gasteiger partial charge in [-0.1, -0.05) is 11.6 Å². The number of nitrogens with one attached hydrogen (secondary N) is 1. The van der Waals surface area contributed by atoms with Gasteiger partial charge in [0.05, 0.1) is 5.01 Å². The van der Waals surface area contributed by atoms with E-state index in [1.807, 2.05) is 0 Å². The van der Waals surface area contributed by atoms with E-state index < -0.39 is 5.97 Å². The minimum absolute atomic E-state index is 0.0258. The number of rotatable bonds is 5. The molecule has 0 unspecified atom stereocenters. The van der Waals surface area contributed by atoms with Crippen molar-refractivity contribution >= 4 is 34.8 Å². The maximum absolute atomic E-state index is 11.9. The van der Waals surface area contributed by atoms with E-state index in [-0.39, 0.29) is 16.8 Å². The standard InChI is InChI=1S/C13H12ClN3O3S/c1-7-4-8(5-10(14)16-7)12(18)15-3-2-11-17-9(6-21-11)13(19)20/h4-6H,2-3H2,1H3,(H,15,18)(H,19,20). The van der Waals surface area contributed by atoms with Crippen molar-refractivity contribution in [2.45, 2.75) is 13.3 Å². The van der Waals surface area contributed by atoms with Gasteiger partial charge in [-0.2, -0.15) is 0 Å². The number of halogens is 1. The minimum Gasteiger partial charge on any atom is -0.476 e. The SMILES string of the molecule is Cc1cc(C(=O)NCCc2nc(C(=O)O)cs2)cc(Cl)n1. The summed E-state index contributed by atoms with van der Waals surface area (Å²) >= 11 is 7.06. The fourth-order valence-electron chi connectivity index (χ4n) is 1.67. The fourth-order valence-corrected chi connectivity index (χ4v) is 2.69. The van der Waals surface area contributed by atoms with Crippen LogP contribution in [0.2, 0.25) is 5.15 Å². The summed E-state index contributed by atoms with van der Waals surface area (Å²) in [5.74, 6) is -1.30. The Bertz CT molecular complexity index is 667. The summed E-state index contributed by atoms with van der Waals surface area (Å²) in [5.41, 5.74) is 1.13. The van der Waals surface area contributed by atoms with E-state index in [1.54, 1.807) is 13.0 Å². The predicted molar refractivity (Wildman–Crippen MR) is 79.1 cm³/mol. The normalized spacial score (nSPS) is 10.4. The first-order valence-electron chi connectivity index (χ1n) is 6.06. The number of carboxylic acid groups (broad SMARTS) is 1. The number of hydrogen-bond acceptors (Lipinski definition) is 5. The van der Waals surface area contributed by atoms with Gasteiger partial charge >= 0.3 is 5.97 Å². The Morgan fingerprint density at radius 1 is 1.38 bits per heavy atom. The number of pyridine rings is 1. The van der Waals surface area contributed by atoms with Crippen LogP contribution in [0.25, 0.3) is 0 Å². The molecule has 0 spiro atoms. The highest BCUT2D eigenvalue weighted by molar-refractivity contribution is 7.09. The zero-order chi connectivity index (χ0) is 15.4. The van der Waals surface area contributed by atoms with Crippen LogP contribution in [0, 0.1) is 6.92 Å². The average Bonchev–Trinajstić information content (AvgIpc) is 2.86. The number of carboxylic acids is 1. The van der Waals surface area contributed by atoms with Crippen LogP contribution >= 0.6 is 22.9 Å². The van der Waals surface area contributed by atoms with Crippen LogP contribution < -0.4 is 5.32 Å². The molecule has 0 atom stereocenters. The van der Waals surface area contributed by atoms with Crippen molar-refractivity contribution in [1.29, 1.82) is 0 Å². The average molecular weight is 326 g/mol. The highest BCUT2D eigenvalue weighted by Gasteiger charge is 2.10. The van der Waals surface area contributed by atoms with E-state index in [9.17, 15) is 9.59 Å². The summed E-state index contributed by atoms with van der Waals surface area (Å²) < 4.78 is 0. The molecule has 2 N–H and O–H groups in total. The Hall–Kier alpha value is -1.99.